The first-order valence-electron chi connectivity index (χ1n) is 10.8. The first kappa shape index (κ1) is 22.3. The van der Waals surface area contributed by atoms with Gasteiger partial charge < -0.3 is 10.2 Å². The third-order valence-electron chi connectivity index (χ3n) is 5.66. The molecule has 0 spiro atoms. The Morgan fingerprint density at radius 3 is 2.59 bits per heavy atom. The quantitative estimate of drug-likeness (QED) is 0.541. The molecule has 0 atom stereocenters. The van der Waals surface area contributed by atoms with Gasteiger partial charge in [0.05, 0.1) is 23.3 Å². The van der Waals surface area contributed by atoms with E-state index in [0.717, 1.165) is 37.2 Å². The number of benzene rings is 2. The number of nitrogens with zero attached hydrogens (tertiary/aromatic N) is 3. The molecule has 2 heterocycles. The number of aromatic nitrogens is 2. The molecule has 0 saturated carbocycles. The lowest BCUT2D eigenvalue weighted by molar-refractivity contribution is 0.414. The van der Waals surface area contributed by atoms with Gasteiger partial charge in [-0.25, -0.2) is 17.5 Å². The van der Waals surface area contributed by atoms with Crippen LogP contribution in [0.25, 0.3) is 5.69 Å². The lowest BCUT2D eigenvalue weighted by Gasteiger charge is -2.34. The van der Waals surface area contributed by atoms with Crippen molar-refractivity contribution in [2.75, 3.05) is 28.5 Å². The zero-order valence-corrected chi connectivity index (χ0v) is 18.9. The molecule has 32 heavy (non-hydrogen) atoms. The fraction of sp³-hybridized carbons (Fsp3) is 0.348. The van der Waals surface area contributed by atoms with E-state index in [9.17, 15) is 12.8 Å². The monoisotopic (exact) mass is 457 g/mol. The number of hydrogen-bond donors (Lipinski definition) is 2. The lowest BCUT2D eigenvalue weighted by Crippen LogP contribution is -2.42. The molecule has 0 unspecified atom stereocenters. The third-order valence-corrected chi connectivity index (χ3v) is 6.97. The molecule has 1 saturated heterocycles. The number of anilines is 2. The van der Waals surface area contributed by atoms with E-state index in [1.54, 1.807) is 29.9 Å². The molecular weight excluding hydrogens is 429 g/mol. The van der Waals surface area contributed by atoms with Crippen molar-refractivity contribution in [2.45, 2.75) is 32.4 Å². The van der Waals surface area contributed by atoms with Crippen LogP contribution in [0.3, 0.4) is 0 Å². The van der Waals surface area contributed by atoms with Crippen molar-refractivity contribution in [1.29, 1.82) is 0 Å². The first-order chi connectivity index (χ1) is 15.4. The third kappa shape index (κ3) is 5.66. The van der Waals surface area contributed by atoms with Crippen LogP contribution < -0.4 is 14.9 Å². The highest BCUT2D eigenvalue weighted by Gasteiger charge is 2.20. The molecule has 1 aromatic heterocycles. The number of halogens is 1. The lowest BCUT2D eigenvalue weighted by atomic mass is 10.0. The normalized spacial score (nSPS) is 15.1. The molecule has 1 fully saturated rings. The molecule has 0 amide bonds. The van der Waals surface area contributed by atoms with Gasteiger partial charge >= 0.3 is 0 Å². The Bertz CT molecular complexity index is 1160. The molecule has 7 nitrogen and oxygen atoms in total. The van der Waals surface area contributed by atoms with Crippen LogP contribution in [0, 0.1) is 5.82 Å². The largest absolute Gasteiger partial charge is 0.371 e. The number of piperidine rings is 1. The van der Waals surface area contributed by atoms with Crippen molar-refractivity contribution in [3.8, 4) is 5.69 Å². The average Bonchev–Trinajstić information content (AvgIpc) is 3.27. The molecule has 0 bridgehead atoms. The zero-order chi connectivity index (χ0) is 22.6. The Balaban J connectivity index is 1.29. The highest BCUT2D eigenvalue weighted by Crippen LogP contribution is 2.24. The second-order valence-corrected chi connectivity index (χ2v) is 9.98. The van der Waals surface area contributed by atoms with Gasteiger partial charge in [-0.2, -0.15) is 5.10 Å². The van der Waals surface area contributed by atoms with Gasteiger partial charge in [-0.15, -0.1) is 0 Å². The summed E-state index contributed by atoms with van der Waals surface area (Å²) in [5, 5.41) is 7.93. The van der Waals surface area contributed by atoms with Crippen LogP contribution in [-0.2, 0) is 16.6 Å². The van der Waals surface area contributed by atoms with Gasteiger partial charge in [0.2, 0.25) is 10.0 Å². The molecule has 3 aromatic rings. The van der Waals surface area contributed by atoms with E-state index in [0.29, 0.717) is 24.0 Å². The van der Waals surface area contributed by atoms with Crippen molar-refractivity contribution in [3.05, 3.63) is 72.3 Å². The minimum atomic E-state index is -3.28. The Morgan fingerprint density at radius 1 is 1.09 bits per heavy atom. The summed E-state index contributed by atoms with van der Waals surface area (Å²) in [6.07, 6.45) is 5.70. The summed E-state index contributed by atoms with van der Waals surface area (Å²) >= 11 is 0. The zero-order valence-electron chi connectivity index (χ0n) is 18.0. The number of sulfonamides is 1. The molecule has 4 rings (SSSR count). The van der Waals surface area contributed by atoms with E-state index < -0.39 is 10.0 Å². The van der Waals surface area contributed by atoms with Gasteiger partial charge in [0.15, 0.2) is 0 Å². The smallest absolute Gasteiger partial charge is 0.232 e. The highest BCUT2D eigenvalue weighted by atomic mass is 32.2. The highest BCUT2D eigenvalue weighted by molar-refractivity contribution is 7.92. The van der Waals surface area contributed by atoms with E-state index in [-0.39, 0.29) is 11.6 Å². The van der Waals surface area contributed by atoms with Gasteiger partial charge in [0.25, 0.3) is 0 Å². The van der Waals surface area contributed by atoms with Crippen molar-refractivity contribution in [2.24, 2.45) is 0 Å². The Hall–Kier alpha value is -2.91. The van der Waals surface area contributed by atoms with Gasteiger partial charge in [0, 0.05) is 43.1 Å². The summed E-state index contributed by atoms with van der Waals surface area (Å²) in [7, 11) is -3.28. The van der Waals surface area contributed by atoms with Crippen LogP contribution >= 0.6 is 0 Å². The maximum absolute atomic E-state index is 13.4. The first-order valence-corrected chi connectivity index (χ1v) is 12.5. The number of nitrogens with one attached hydrogen (secondary N) is 2. The predicted octanol–water partition coefficient (Wildman–Crippen LogP) is 3.53. The second kappa shape index (κ2) is 9.70. The summed E-state index contributed by atoms with van der Waals surface area (Å²) in [6, 6.07) is 14.3. The van der Waals surface area contributed by atoms with Crippen LogP contribution in [0.5, 0.6) is 0 Å². The molecule has 1 aliphatic heterocycles. The minimum Gasteiger partial charge on any atom is -0.371 e. The number of hydrogen-bond acceptors (Lipinski definition) is 5. The Morgan fingerprint density at radius 2 is 1.84 bits per heavy atom. The van der Waals surface area contributed by atoms with Crippen molar-refractivity contribution >= 4 is 21.4 Å². The summed E-state index contributed by atoms with van der Waals surface area (Å²) in [4.78, 5) is 2.28. The van der Waals surface area contributed by atoms with E-state index in [4.69, 9.17) is 0 Å². The SMILES string of the molecule is CCS(=O)(=O)Nc1cccc(N2CCC(NCc3cnn(-c4cccc(F)c4)c3)CC2)c1. The van der Waals surface area contributed by atoms with E-state index in [1.165, 1.54) is 12.1 Å². The van der Waals surface area contributed by atoms with Crippen LogP contribution in [-0.4, -0.2) is 43.1 Å². The fourth-order valence-corrected chi connectivity index (χ4v) is 4.46. The van der Waals surface area contributed by atoms with Crippen molar-refractivity contribution in [1.82, 2.24) is 15.1 Å². The van der Waals surface area contributed by atoms with E-state index in [1.807, 2.05) is 30.5 Å². The Labute approximate surface area is 188 Å². The van der Waals surface area contributed by atoms with Gasteiger partial charge in [-0.05, 0) is 56.2 Å². The molecule has 2 N–H and O–H groups in total. The van der Waals surface area contributed by atoms with Gasteiger partial charge in [-0.3, -0.25) is 4.72 Å². The van der Waals surface area contributed by atoms with Crippen LogP contribution in [0.15, 0.2) is 60.9 Å². The summed E-state index contributed by atoms with van der Waals surface area (Å²) in [6.45, 7) is 4.11. The van der Waals surface area contributed by atoms with E-state index >= 15 is 0 Å². The molecular formula is C23H28FN5O2S. The predicted molar refractivity (Wildman–Crippen MR) is 125 cm³/mol. The fourth-order valence-electron chi connectivity index (χ4n) is 3.83. The topological polar surface area (TPSA) is 79.3 Å². The standard InChI is InChI=1S/C23H28FN5O2S/c1-2-32(30,31)27-21-6-4-7-22(14-21)28-11-9-20(10-12-28)25-15-18-16-26-29(17-18)23-8-3-5-19(24)13-23/h3-8,13-14,16-17,20,25,27H,2,9-12,15H2,1H3. The molecule has 9 heteroatoms. The van der Waals surface area contributed by atoms with Gasteiger partial charge in [-0.1, -0.05) is 12.1 Å². The maximum Gasteiger partial charge on any atom is 0.232 e. The molecule has 0 radical (unpaired) electrons. The molecule has 170 valence electrons. The van der Waals surface area contributed by atoms with Crippen LogP contribution in [0.4, 0.5) is 15.8 Å². The Kier molecular flexibility index (Phi) is 6.76. The molecule has 2 aromatic carbocycles. The summed E-state index contributed by atoms with van der Waals surface area (Å²) in [5.74, 6) is -0.229. The molecule has 1 aliphatic rings. The van der Waals surface area contributed by atoms with Crippen LogP contribution in [0.1, 0.15) is 25.3 Å². The average molecular weight is 458 g/mol. The summed E-state index contributed by atoms with van der Waals surface area (Å²) in [5.41, 5.74) is 3.37. The van der Waals surface area contributed by atoms with Crippen molar-refractivity contribution < 1.29 is 12.8 Å². The second-order valence-electron chi connectivity index (χ2n) is 7.97. The molecule has 0 aliphatic carbocycles. The van der Waals surface area contributed by atoms with Crippen molar-refractivity contribution in [3.63, 3.8) is 0 Å². The van der Waals surface area contributed by atoms with E-state index in [2.05, 4.69) is 20.0 Å². The number of rotatable bonds is 8. The van der Waals surface area contributed by atoms with Gasteiger partial charge in [0.1, 0.15) is 5.82 Å². The minimum absolute atomic E-state index is 0.0510. The van der Waals surface area contributed by atoms with Crippen LogP contribution in [0.2, 0.25) is 0 Å². The summed E-state index contributed by atoms with van der Waals surface area (Å²) < 4.78 is 41.4. The maximum atomic E-state index is 13.4.